The molecular formula is C23H25NO4. The number of carbonyl (C=O) groups excluding carboxylic acids is 3. The summed E-state index contributed by atoms with van der Waals surface area (Å²) in [6.07, 6.45) is -0.344. The zero-order valence-electron chi connectivity index (χ0n) is 16.5. The van der Waals surface area contributed by atoms with Gasteiger partial charge in [-0.3, -0.25) is 14.4 Å². The number of ether oxygens (including phenoxy) is 1. The van der Waals surface area contributed by atoms with E-state index >= 15 is 0 Å². The molecule has 5 nitrogen and oxygen atoms in total. The highest BCUT2D eigenvalue weighted by Crippen LogP contribution is 2.29. The molecule has 1 aliphatic heterocycles. The SMILES string of the molecule is CC[C@@H](OC(=O)[C@H]1CC(=O)N(c2ccc(C)cc2C)C1)C(=O)c1ccccc1. The summed E-state index contributed by atoms with van der Waals surface area (Å²) in [7, 11) is 0. The first-order valence-corrected chi connectivity index (χ1v) is 9.58. The summed E-state index contributed by atoms with van der Waals surface area (Å²) >= 11 is 0. The number of carbonyl (C=O) groups is 3. The molecule has 2 aromatic carbocycles. The summed E-state index contributed by atoms with van der Waals surface area (Å²) in [5, 5.41) is 0. The van der Waals surface area contributed by atoms with Crippen LogP contribution in [0.1, 0.15) is 41.3 Å². The van der Waals surface area contributed by atoms with Crippen molar-refractivity contribution in [1.82, 2.24) is 0 Å². The Morgan fingerprint density at radius 2 is 1.86 bits per heavy atom. The van der Waals surface area contributed by atoms with Crippen molar-refractivity contribution in [1.29, 1.82) is 0 Å². The van der Waals surface area contributed by atoms with Gasteiger partial charge in [0.2, 0.25) is 11.7 Å². The van der Waals surface area contributed by atoms with Gasteiger partial charge in [-0.15, -0.1) is 0 Å². The normalized spacial score (nSPS) is 17.5. The highest BCUT2D eigenvalue weighted by Gasteiger charge is 2.38. The fourth-order valence-electron chi connectivity index (χ4n) is 3.55. The maximum Gasteiger partial charge on any atom is 0.312 e. The number of ketones is 1. The second-order valence-electron chi connectivity index (χ2n) is 7.26. The maximum atomic E-state index is 12.7. The number of amides is 1. The third kappa shape index (κ3) is 4.14. The van der Waals surface area contributed by atoms with E-state index in [1.54, 1.807) is 36.1 Å². The zero-order chi connectivity index (χ0) is 20.3. The van der Waals surface area contributed by atoms with Crippen molar-refractivity contribution in [2.75, 3.05) is 11.4 Å². The number of esters is 1. The van der Waals surface area contributed by atoms with Crippen LogP contribution >= 0.6 is 0 Å². The molecule has 1 aliphatic rings. The number of rotatable bonds is 6. The quantitative estimate of drug-likeness (QED) is 0.565. The van der Waals surface area contributed by atoms with Crippen LogP contribution in [0.15, 0.2) is 48.5 Å². The van der Waals surface area contributed by atoms with Gasteiger partial charge in [0.05, 0.1) is 5.92 Å². The summed E-state index contributed by atoms with van der Waals surface area (Å²) in [4.78, 5) is 39.4. The van der Waals surface area contributed by atoms with Crippen molar-refractivity contribution in [3.05, 3.63) is 65.2 Å². The zero-order valence-corrected chi connectivity index (χ0v) is 16.5. The van der Waals surface area contributed by atoms with E-state index in [2.05, 4.69) is 0 Å². The minimum Gasteiger partial charge on any atom is -0.454 e. The van der Waals surface area contributed by atoms with Gasteiger partial charge in [0.25, 0.3) is 0 Å². The summed E-state index contributed by atoms with van der Waals surface area (Å²) in [6, 6.07) is 14.7. The Labute approximate surface area is 165 Å². The second kappa shape index (κ2) is 8.38. The molecule has 2 atom stereocenters. The summed E-state index contributed by atoms with van der Waals surface area (Å²) < 4.78 is 5.51. The lowest BCUT2D eigenvalue weighted by Crippen LogP contribution is -2.32. The van der Waals surface area contributed by atoms with Crippen LogP contribution in [0.25, 0.3) is 0 Å². The molecule has 2 aromatic rings. The van der Waals surface area contributed by atoms with E-state index in [0.29, 0.717) is 12.0 Å². The van der Waals surface area contributed by atoms with E-state index in [9.17, 15) is 14.4 Å². The molecule has 1 heterocycles. The maximum absolute atomic E-state index is 12.7. The van der Waals surface area contributed by atoms with Crippen molar-refractivity contribution in [2.24, 2.45) is 5.92 Å². The molecule has 1 saturated heterocycles. The van der Waals surface area contributed by atoms with Gasteiger partial charge in [0.1, 0.15) is 0 Å². The van der Waals surface area contributed by atoms with E-state index in [1.165, 1.54) is 0 Å². The molecule has 0 radical (unpaired) electrons. The van der Waals surface area contributed by atoms with Gasteiger partial charge in [0, 0.05) is 24.2 Å². The largest absolute Gasteiger partial charge is 0.454 e. The minimum atomic E-state index is -0.833. The Balaban J connectivity index is 1.69. The van der Waals surface area contributed by atoms with E-state index in [-0.39, 0.29) is 24.7 Å². The first-order valence-electron chi connectivity index (χ1n) is 9.58. The van der Waals surface area contributed by atoms with Gasteiger partial charge in [-0.25, -0.2) is 0 Å². The average molecular weight is 379 g/mol. The molecule has 3 rings (SSSR count). The molecule has 146 valence electrons. The van der Waals surface area contributed by atoms with Crippen LogP contribution in [0, 0.1) is 19.8 Å². The van der Waals surface area contributed by atoms with Crippen LogP contribution in [0.2, 0.25) is 0 Å². The third-order valence-electron chi connectivity index (χ3n) is 5.08. The Hall–Kier alpha value is -2.95. The summed E-state index contributed by atoms with van der Waals surface area (Å²) in [6.45, 7) is 6.03. The Kier molecular flexibility index (Phi) is 5.93. The molecule has 0 unspecified atom stereocenters. The molecule has 0 saturated carbocycles. The van der Waals surface area contributed by atoms with Gasteiger partial charge in [0.15, 0.2) is 6.10 Å². The monoisotopic (exact) mass is 379 g/mol. The van der Waals surface area contributed by atoms with E-state index in [1.807, 2.05) is 38.1 Å². The molecular weight excluding hydrogens is 354 g/mol. The molecule has 0 aliphatic carbocycles. The standard InChI is InChI=1S/C23H25NO4/c1-4-20(22(26)17-8-6-5-7-9-17)28-23(27)18-13-21(25)24(14-18)19-11-10-15(2)12-16(19)3/h5-12,18,20H,4,13-14H2,1-3H3/t18-,20+/m0/s1. The second-order valence-corrected chi connectivity index (χ2v) is 7.26. The average Bonchev–Trinajstić information content (AvgIpc) is 3.07. The van der Waals surface area contributed by atoms with Crippen molar-refractivity contribution in [2.45, 2.75) is 39.7 Å². The smallest absolute Gasteiger partial charge is 0.312 e. The van der Waals surface area contributed by atoms with Crippen LogP contribution in [-0.2, 0) is 14.3 Å². The van der Waals surface area contributed by atoms with E-state index in [4.69, 9.17) is 4.74 Å². The first-order chi connectivity index (χ1) is 13.4. The fraction of sp³-hybridized carbons (Fsp3) is 0.348. The van der Waals surface area contributed by atoms with Gasteiger partial charge in [-0.05, 0) is 31.9 Å². The molecule has 0 aromatic heterocycles. The molecule has 0 N–H and O–H groups in total. The van der Waals surface area contributed by atoms with Gasteiger partial charge in [-0.1, -0.05) is 55.0 Å². The van der Waals surface area contributed by atoms with Crippen molar-refractivity contribution >= 4 is 23.3 Å². The Morgan fingerprint density at radius 3 is 2.50 bits per heavy atom. The summed E-state index contributed by atoms with van der Waals surface area (Å²) in [5.74, 6) is -1.37. The highest BCUT2D eigenvalue weighted by molar-refractivity contribution is 6.02. The van der Waals surface area contributed by atoms with Gasteiger partial charge < -0.3 is 9.64 Å². The highest BCUT2D eigenvalue weighted by atomic mass is 16.5. The van der Waals surface area contributed by atoms with Crippen molar-refractivity contribution < 1.29 is 19.1 Å². The lowest BCUT2D eigenvalue weighted by Gasteiger charge is -2.20. The lowest BCUT2D eigenvalue weighted by atomic mass is 10.0. The number of hydrogen-bond donors (Lipinski definition) is 0. The Bertz CT molecular complexity index is 891. The number of nitrogens with zero attached hydrogens (tertiary/aromatic N) is 1. The molecule has 0 spiro atoms. The number of aryl methyl sites for hydroxylation is 2. The molecule has 5 heteroatoms. The van der Waals surface area contributed by atoms with Crippen molar-refractivity contribution in [3.8, 4) is 0 Å². The third-order valence-corrected chi connectivity index (χ3v) is 5.08. The van der Waals surface area contributed by atoms with E-state index in [0.717, 1.165) is 16.8 Å². The van der Waals surface area contributed by atoms with E-state index < -0.39 is 18.0 Å². The summed E-state index contributed by atoms with van der Waals surface area (Å²) in [5.41, 5.74) is 3.45. The molecule has 0 bridgehead atoms. The van der Waals surface area contributed by atoms with Crippen LogP contribution in [-0.4, -0.2) is 30.3 Å². The number of Topliss-reactive ketones (excluding diaryl/α,β-unsaturated/α-hetero) is 1. The number of hydrogen-bond acceptors (Lipinski definition) is 4. The van der Waals surface area contributed by atoms with Gasteiger partial charge in [-0.2, -0.15) is 0 Å². The van der Waals surface area contributed by atoms with Crippen LogP contribution in [0.4, 0.5) is 5.69 Å². The van der Waals surface area contributed by atoms with Crippen LogP contribution in [0.5, 0.6) is 0 Å². The van der Waals surface area contributed by atoms with Crippen molar-refractivity contribution in [3.63, 3.8) is 0 Å². The first kappa shape index (κ1) is 19.8. The molecule has 1 fully saturated rings. The fourth-order valence-corrected chi connectivity index (χ4v) is 3.55. The number of anilines is 1. The van der Waals surface area contributed by atoms with Crippen LogP contribution in [0.3, 0.4) is 0 Å². The predicted molar refractivity (Wildman–Crippen MR) is 107 cm³/mol. The lowest BCUT2D eigenvalue weighted by molar-refractivity contribution is -0.151. The Morgan fingerprint density at radius 1 is 1.14 bits per heavy atom. The topological polar surface area (TPSA) is 63.7 Å². The minimum absolute atomic E-state index is 0.0993. The molecule has 28 heavy (non-hydrogen) atoms. The predicted octanol–water partition coefficient (Wildman–Crippen LogP) is 3.86. The van der Waals surface area contributed by atoms with Crippen LogP contribution < -0.4 is 4.90 Å². The molecule has 1 amide bonds. The number of benzene rings is 2. The van der Waals surface area contributed by atoms with Gasteiger partial charge >= 0.3 is 5.97 Å².